The Morgan fingerprint density at radius 1 is 1.17 bits per heavy atom. The maximum Gasteiger partial charge on any atom is 0.254 e. The van der Waals surface area contributed by atoms with Crippen LogP contribution < -0.4 is 10.6 Å². The summed E-state index contributed by atoms with van der Waals surface area (Å²) in [7, 11) is 0. The van der Waals surface area contributed by atoms with Crippen LogP contribution in [-0.2, 0) is 0 Å². The molecule has 0 unspecified atom stereocenters. The van der Waals surface area contributed by atoms with E-state index in [1.165, 1.54) is 12.7 Å². The molecule has 118 valence electrons. The van der Waals surface area contributed by atoms with Crippen LogP contribution in [0.1, 0.15) is 10.4 Å². The Kier molecular flexibility index (Phi) is 4.09. The minimum absolute atomic E-state index is 0.204. The van der Waals surface area contributed by atoms with Crippen molar-refractivity contribution in [2.24, 2.45) is 0 Å². The molecule has 0 saturated heterocycles. The molecule has 0 atom stereocenters. The van der Waals surface area contributed by atoms with E-state index in [9.17, 15) is 13.6 Å². The Morgan fingerprint density at radius 2 is 2.04 bits per heavy atom. The van der Waals surface area contributed by atoms with Crippen molar-refractivity contribution in [2.75, 3.05) is 18.4 Å². The van der Waals surface area contributed by atoms with Crippen molar-refractivity contribution in [3.8, 4) is 0 Å². The zero-order valence-electron chi connectivity index (χ0n) is 11.8. The summed E-state index contributed by atoms with van der Waals surface area (Å²) >= 11 is 0. The van der Waals surface area contributed by atoms with Crippen LogP contribution in [0.3, 0.4) is 0 Å². The van der Waals surface area contributed by atoms with E-state index in [1.807, 2.05) is 0 Å². The molecule has 0 aliphatic rings. The average molecular weight is 318 g/mol. The highest BCUT2D eigenvalue weighted by Gasteiger charge is 2.12. The van der Waals surface area contributed by atoms with E-state index in [1.54, 1.807) is 0 Å². The number of nitrogens with one attached hydrogen (secondary N) is 3. The molecule has 2 aromatic heterocycles. The number of hydrogen-bond acceptors (Lipinski definition) is 5. The lowest BCUT2D eigenvalue weighted by atomic mass is 10.2. The highest BCUT2D eigenvalue weighted by molar-refractivity contribution is 5.94. The first-order valence-corrected chi connectivity index (χ1v) is 6.76. The van der Waals surface area contributed by atoms with Gasteiger partial charge in [0.15, 0.2) is 11.5 Å². The van der Waals surface area contributed by atoms with Gasteiger partial charge in [-0.2, -0.15) is 0 Å². The number of rotatable bonds is 5. The van der Waals surface area contributed by atoms with E-state index in [2.05, 4.69) is 30.6 Å². The topological polar surface area (TPSA) is 95.6 Å². The van der Waals surface area contributed by atoms with Crippen LogP contribution in [-0.4, -0.2) is 38.9 Å². The molecule has 7 nitrogen and oxygen atoms in total. The zero-order chi connectivity index (χ0) is 16.2. The van der Waals surface area contributed by atoms with E-state index in [4.69, 9.17) is 0 Å². The van der Waals surface area contributed by atoms with Crippen LogP contribution in [0.5, 0.6) is 0 Å². The van der Waals surface area contributed by atoms with Crippen LogP contribution >= 0.6 is 0 Å². The molecule has 1 amide bonds. The number of fused-ring (bicyclic) bond motifs is 1. The molecular weight excluding hydrogens is 306 g/mol. The number of H-pyrrole nitrogens is 1. The monoisotopic (exact) mass is 318 g/mol. The molecule has 1 aromatic carbocycles. The number of nitrogens with zero attached hydrogens (tertiary/aromatic N) is 3. The molecule has 3 rings (SSSR count). The quantitative estimate of drug-likeness (QED) is 0.619. The molecule has 0 fully saturated rings. The summed E-state index contributed by atoms with van der Waals surface area (Å²) in [6, 6.07) is 2.81. The van der Waals surface area contributed by atoms with Crippen molar-refractivity contribution < 1.29 is 13.6 Å². The minimum atomic E-state index is -0.898. The molecule has 3 aromatic rings. The van der Waals surface area contributed by atoms with Crippen molar-refractivity contribution >= 4 is 22.9 Å². The third kappa shape index (κ3) is 3.23. The molecule has 0 aliphatic carbocycles. The van der Waals surface area contributed by atoms with Gasteiger partial charge in [0.05, 0.1) is 11.9 Å². The fourth-order valence-electron chi connectivity index (χ4n) is 2.02. The van der Waals surface area contributed by atoms with E-state index in [0.29, 0.717) is 29.6 Å². The lowest BCUT2D eigenvalue weighted by Crippen LogP contribution is -2.29. The van der Waals surface area contributed by atoms with Gasteiger partial charge in [0.1, 0.15) is 23.5 Å². The van der Waals surface area contributed by atoms with Crippen LogP contribution in [0.15, 0.2) is 30.9 Å². The lowest BCUT2D eigenvalue weighted by molar-refractivity contribution is 0.0951. The Balaban J connectivity index is 1.55. The number of carbonyl (C=O) groups excluding carboxylic acids is 1. The van der Waals surface area contributed by atoms with Crippen molar-refractivity contribution in [3.05, 3.63) is 48.1 Å². The Hall–Kier alpha value is -3.10. The fourth-order valence-corrected chi connectivity index (χ4v) is 2.02. The molecule has 0 spiro atoms. The molecule has 3 N–H and O–H groups in total. The first kappa shape index (κ1) is 14.8. The van der Waals surface area contributed by atoms with Crippen molar-refractivity contribution in [2.45, 2.75) is 0 Å². The normalized spacial score (nSPS) is 10.7. The molecule has 0 radical (unpaired) electrons. The van der Waals surface area contributed by atoms with Gasteiger partial charge in [0.2, 0.25) is 0 Å². The van der Waals surface area contributed by atoms with Crippen LogP contribution in [0, 0.1) is 11.6 Å². The molecule has 0 saturated carbocycles. The molecule has 9 heteroatoms. The van der Waals surface area contributed by atoms with Gasteiger partial charge in [-0.15, -0.1) is 0 Å². The second kappa shape index (κ2) is 6.34. The number of aromatic nitrogens is 4. The van der Waals surface area contributed by atoms with Gasteiger partial charge in [0, 0.05) is 19.2 Å². The number of hydrogen-bond donors (Lipinski definition) is 3. The molecule has 23 heavy (non-hydrogen) atoms. The Morgan fingerprint density at radius 3 is 2.87 bits per heavy atom. The van der Waals surface area contributed by atoms with Gasteiger partial charge in [-0.05, 0) is 12.1 Å². The standard InChI is InChI=1S/C14H12F2N6O/c15-8-1-2-9(10(16)5-8)14(23)18-4-3-17-12-11-13(20-6-19-11)22-7-21-12/h1-2,5-7H,3-4H2,(H,18,23)(H2,17,19,20,21,22). The van der Waals surface area contributed by atoms with Gasteiger partial charge in [-0.3, -0.25) is 4.79 Å². The minimum Gasteiger partial charge on any atom is -0.366 e. The summed E-state index contributed by atoms with van der Waals surface area (Å²) in [4.78, 5) is 26.8. The summed E-state index contributed by atoms with van der Waals surface area (Å²) < 4.78 is 26.3. The number of anilines is 1. The Labute approximate surface area is 129 Å². The van der Waals surface area contributed by atoms with Gasteiger partial charge in [0.25, 0.3) is 5.91 Å². The zero-order valence-corrected chi connectivity index (χ0v) is 11.8. The lowest BCUT2D eigenvalue weighted by Gasteiger charge is -2.08. The summed E-state index contributed by atoms with van der Waals surface area (Å²) in [6.07, 6.45) is 2.88. The first-order valence-electron chi connectivity index (χ1n) is 6.76. The number of amides is 1. The number of imidazole rings is 1. The Bertz CT molecular complexity index is 850. The molecular formula is C14H12F2N6O. The predicted octanol–water partition coefficient (Wildman–Crippen LogP) is 1.47. The van der Waals surface area contributed by atoms with Crippen LogP contribution in [0.25, 0.3) is 11.2 Å². The van der Waals surface area contributed by atoms with Gasteiger partial charge >= 0.3 is 0 Å². The average Bonchev–Trinajstić information content (AvgIpc) is 3.00. The molecule has 2 heterocycles. The maximum absolute atomic E-state index is 13.5. The third-order valence-electron chi connectivity index (χ3n) is 3.10. The van der Waals surface area contributed by atoms with Crippen LogP contribution in [0.2, 0.25) is 0 Å². The van der Waals surface area contributed by atoms with Crippen LogP contribution in [0.4, 0.5) is 14.6 Å². The fraction of sp³-hybridized carbons (Fsp3) is 0.143. The maximum atomic E-state index is 13.5. The van der Waals surface area contributed by atoms with Crippen molar-refractivity contribution in [1.82, 2.24) is 25.3 Å². The molecule has 0 bridgehead atoms. The second-order valence-corrected chi connectivity index (χ2v) is 4.63. The number of halogens is 2. The number of aromatic amines is 1. The van der Waals surface area contributed by atoms with Crippen molar-refractivity contribution in [1.29, 1.82) is 0 Å². The van der Waals surface area contributed by atoms with E-state index in [-0.39, 0.29) is 12.1 Å². The van der Waals surface area contributed by atoms with Gasteiger partial charge < -0.3 is 15.6 Å². The highest BCUT2D eigenvalue weighted by atomic mass is 19.1. The molecule has 0 aliphatic heterocycles. The van der Waals surface area contributed by atoms with E-state index >= 15 is 0 Å². The largest absolute Gasteiger partial charge is 0.366 e. The van der Waals surface area contributed by atoms with E-state index < -0.39 is 17.5 Å². The van der Waals surface area contributed by atoms with Gasteiger partial charge in [-0.25, -0.2) is 23.7 Å². The number of carbonyl (C=O) groups is 1. The smallest absolute Gasteiger partial charge is 0.254 e. The van der Waals surface area contributed by atoms with Crippen molar-refractivity contribution in [3.63, 3.8) is 0 Å². The van der Waals surface area contributed by atoms with E-state index in [0.717, 1.165) is 12.1 Å². The first-order chi connectivity index (χ1) is 11.1. The second-order valence-electron chi connectivity index (χ2n) is 4.63. The third-order valence-corrected chi connectivity index (χ3v) is 3.10. The summed E-state index contributed by atoms with van der Waals surface area (Å²) in [5, 5.41) is 5.55. The summed E-state index contributed by atoms with van der Waals surface area (Å²) in [6.45, 7) is 0.592. The SMILES string of the molecule is O=C(NCCNc1ncnc2nc[nH]c12)c1ccc(F)cc1F. The number of benzene rings is 1. The summed E-state index contributed by atoms with van der Waals surface area (Å²) in [5.41, 5.74) is 0.979. The highest BCUT2D eigenvalue weighted by Crippen LogP contribution is 2.13. The van der Waals surface area contributed by atoms with Gasteiger partial charge in [-0.1, -0.05) is 0 Å². The predicted molar refractivity (Wildman–Crippen MR) is 78.9 cm³/mol. The summed E-state index contributed by atoms with van der Waals surface area (Å²) in [5.74, 6) is -1.69.